The highest BCUT2D eigenvalue weighted by Crippen LogP contribution is 2.19. The maximum absolute atomic E-state index is 5.65. The van der Waals surface area contributed by atoms with Crippen molar-refractivity contribution in [2.45, 2.75) is 54.9 Å². The first-order valence-electron chi connectivity index (χ1n) is 5.86. The zero-order chi connectivity index (χ0) is 12.1. The Morgan fingerprint density at radius 3 is 2.00 bits per heavy atom. The summed E-state index contributed by atoms with van der Waals surface area (Å²) in [5.41, 5.74) is 1.97. The van der Waals surface area contributed by atoms with Crippen LogP contribution in [0.4, 0.5) is 0 Å². The molecule has 1 heteroatoms. The number of allylic oxidation sites excluding steroid dienone is 1. The number of ether oxygens (including phenoxy) is 1. The largest absolute Gasteiger partial charge is 0.377 e. The van der Waals surface area contributed by atoms with Gasteiger partial charge in [-0.15, -0.1) is 0 Å². The lowest BCUT2D eigenvalue weighted by atomic mass is 9.93. The third-order valence-corrected chi connectivity index (χ3v) is 2.01. The van der Waals surface area contributed by atoms with Crippen LogP contribution >= 0.6 is 0 Å². The maximum Gasteiger partial charge on any atom is 0.0674 e. The SMILES string of the molecule is C/C(=C/C(C)(C)C)COCCC(C)(C)C. The molecule has 0 aliphatic carbocycles. The van der Waals surface area contributed by atoms with Crippen LogP contribution in [0.15, 0.2) is 11.6 Å². The smallest absolute Gasteiger partial charge is 0.0674 e. The van der Waals surface area contributed by atoms with E-state index in [0.29, 0.717) is 5.41 Å². The van der Waals surface area contributed by atoms with Crippen molar-refractivity contribution >= 4 is 0 Å². The molecule has 0 radical (unpaired) electrons. The summed E-state index contributed by atoms with van der Waals surface area (Å²) in [7, 11) is 0. The van der Waals surface area contributed by atoms with E-state index in [1.54, 1.807) is 0 Å². The molecule has 0 atom stereocenters. The monoisotopic (exact) mass is 212 g/mol. The first-order chi connectivity index (χ1) is 6.60. The van der Waals surface area contributed by atoms with E-state index < -0.39 is 0 Å². The second-order valence-corrected chi connectivity index (χ2v) is 6.72. The minimum absolute atomic E-state index is 0.261. The lowest BCUT2D eigenvalue weighted by Crippen LogP contribution is -2.11. The summed E-state index contributed by atoms with van der Waals surface area (Å²) in [5, 5.41) is 0. The minimum Gasteiger partial charge on any atom is -0.377 e. The van der Waals surface area contributed by atoms with E-state index >= 15 is 0 Å². The minimum atomic E-state index is 0.261. The van der Waals surface area contributed by atoms with Crippen molar-refractivity contribution in [1.29, 1.82) is 0 Å². The van der Waals surface area contributed by atoms with Gasteiger partial charge in [-0.3, -0.25) is 0 Å². The van der Waals surface area contributed by atoms with Crippen molar-refractivity contribution in [2.75, 3.05) is 13.2 Å². The molecule has 90 valence electrons. The molecule has 15 heavy (non-hydrogen) atoms. The van der Waals surface area contributed by atoms with Gasteiger partial charge in [0.25, 0.3) is 0 Å². The molecule has 0 aromatic heterocycles. The fraction of sp³-hybridized carbons (Fsp3) is 0.857. The zero-order valence-electron chi connectivity index (χ0n) is 11.6. The molecule has 0 saturated carbocycles. The Morgan fingerprint density at radius 1 is 1.07 bits per heavy atom. The summed E-state index contributed by atoms with van der Waals surface area (Å²) in [6, 6.07) is 0. The van der Waals surface area contributed by atoms with E-state index in [-0.39, 0.29) is 5.41 Å². The third kappa shape index (κ3) is 11.6. The van der Waals surface area contributed by atoms with Crippen LogP contribution in [0.5, 0.6) is 0 Å². The molecule has 0 fully saturated rings. The van der Waals surface area contributed by atoms with E-state index in [9.17, 15) is 0 Å². The third-order valence-electron chi connectivity index (χ3n) is 2.01. The molecule has 0 aromatic rings. The van der Waals surface area contributed by atoms with Gasteiger partial charge >= 0.3 is 0 Å². The fourth-order valence-electron chi connectivity index (χ4n) is 1.39. The molecule has 0 bridgehead atoms. The van der Waals surface area contributed by atoms with Crippen molar-refractivity contribution in [2.24, 2.45) is 10.8 Å². The van der Waals surface area contributed by atoms with E-state index in [0.717, 1.165) is 19.6 Å². The van der Waals surface area contributed by atoms with Crippen LogP contribution in [-0.2, 0) is 4.74 Å². The van der Waals surface area contributed by atoms with Gasteiger partial charge in [0.15, 0.2) is 0 Å². The van der Waals surface area contributed by atoms with Gasteiger partial charge in [-0.25, -0.2) is 0 Å². The maximum atomic E-state index is 5.65. The summed E-state index contributed by atoms with van der Waals surface area (Å²) in [5.74, 6) is 0. The lowest BCUT2D eigenvalue weighted by Gasteiger charge is -2.18. The van der Waals surface area contributed by atoms with Crippen LogP contribution in [0, 0.1) is 10.8 Å². The van der Waals surface area contributed by atoms with Crippen molar-refractivity contribution in [1.82, 2.24) is 0 Å². The molecule has 0 aromatic carbocycles. The van der Waals surface area contributed by atoms with Crippen LogP contribution in [0.1, 0.15) is 54.9 Å². The molecule has 0 amide bonds. The average Bonchev–Trinajstić information content (AvgIpc) is 1.92. The molecule has 0 heterocycles. The van der Waals surface area contributed by atoms with Crippen LogP contribution in [-0.4, -0.2) is 13.2 Å². The van der Waals surface area contributed by atoms with E-state index in [4.69, 9.17) is 4.74 Å². The quantitative estimate of drug-likeness (QED) is 0.495. The van der Waals surface area contributed by atoms with Gasteiger partial charge < -0.3 is 4.74 Å². The van der Waals surface area contributed by atoms with Gasteiger partial charge in [-0.05, 0) is 24.2 Å². The Bertz CT molecular complexity index is 200. The highest BCUT2D eigenvalue weighted by molar-refractivity contribution is 5.04. The molecule has 0 spiro atoms. The second-order valence-electron chi connectivity index (χ2n) is 6.72. The van der Waals surface area contributed by atoms with Crippen LogP contribution < -0.4 is 0 Å². The summed E-state index contributed by atoms with van der Waals surface area (Å²) < 4.78 is 5.65. The summed E-state index contributed by atoms with van der Waals surface area (Å²) in [4.78, 5) is 0. The predicted octanol–water partition coefficient (Wildman–Crippen LogP) is 4.43. The molecule has 0 aliphatic heterocycles. The van der Waals surface area contributed by atoms with Gasteiger partial charge in [0.05, 0.1) is 6.61 Å². The summed E-state index contributed by atoms with van der Waals surface area (Å²) in [6.45, 7) is 17.1. The number of rotatable bonds is 4. The van der Waals surface area contributed by atoms with Crippen molar-refractivity contribution in [3.63, 3.8) is 0 Å². The fourth-order valence-corrected chi connectivity index (χ4v) is 1.39. The van der Waals surface area contributed by atoms with Gasteiger partial charge in [0.2, 0.25) is 0 Å². The molecular formula is C14H28O. The van der Waals surface area contributed by atoms with Crippen molar-refractivity contribution in [3.8, 4) is 0 Å². The molecule has 0 rings (SSSR count). The molecule has 0 unspecified atom stereocenters. The Labute approximate surface area is 95.9 Å². The predicted molar refractivity (Wildman–Crippen MR) is 68.1 cm³/mol. The normalized spacial score (nSPS) is 14.5. The molecular weight excluding hydrogens is 184 g/mol. The van der Waals surface area contributed by atoms with E-state index in [1.165, 1.54) is 5.57 Å². The highest BCUT2D eigenvalue weighted by Gasteiger charge is 2.10. The Balaban J connectivity index is 3.74. The first kappa shape index (κ1) is 14.7. The first-order valence-corrected chi connectivity index (χ1v) is 5.86. The van der Waals surface area contributed by atoms with Crippen LogP contribution in [0.25, 0.3) is 0 Å². The van der Waals surface area contributed by atoms with Crippen molar-refractivity contribution in [3.05, 3.63) is 11.6 Å². The summed E-state index contributed by atoms with van der Waals surface area (Å²) in [6.07, 6.45) is 3.40. The van der Waals surface area contributed by atoms with Gasteiger partial charge in [0, 0.05) is 6.61 Å². The average molecular weight is 212 g/mol. The molecule has 0 aliphatic rings. The standard InChI is InChI=1S/C14H28O/c1-12(10-14(5,6)7)11-15-9-8-13(2,3)4/h10H,8-9,11H2,1-7H3/b12-10-. The van der Waals surface area contributed by atoms with Crippen LogP contribution in [0.3, 0.4) is 0 Å². The van der Waals surface area contributed by atoms with Crippen molar-refractivity contribution < 1.29 is 4.74 Å². The lowest BCUT2D eigenvalue weighted by molar-refractivity contribution is 0.125. The number of hydrogen-bond acceptors (Lipinski definition) is 1. The zero-order valence-corrected chi connectivity index (χ0v) is 11.6. The van der Waals surface area contributed by atoms with E-state index in [2.05, 4.69) is 54.5 Å². The summed E-state index contributed by atoms with van der Waals surface area (Å²) >= 11 is 0. The van der Waals surface area contributed by atoms with Crippen LogP contribution in [0.2, 0.25) is 0 Å². The highest BCUT2D eigenvalue weighted by atomic mass is 16.5. The Hall–Kier alpha value is -0.300. The molecule has 0 saturated heterocycles. The van der Waals surface area contributed by atoms with E-state index in [1.807, 2.05) is 0 Å². The Kier molecular flexibility index (Phi) is 5.58. The number of hydrogen-bond donors (Lipinski definition) is 0. The topological polar surface area (TPSA) is 9.23 Å². The van der Waals surface area contributed by atoms with Gasteiger partial charge in [-0.1, -0.05) is 53.2 Å². The van der Waals surface area contributed by atoms with Gasteiger partial charge in [0.1, 0.15) is 0 Å². The molecule has 0 N–H and O–H groups in total. The Morgan fingerprint density at radius 2 is 1.60 bits per heavy atom. The second kappa shape index (κ2) is 5.69. The van der Waals surface area contributed by atoms with Gasteiger partial charge in [-0.2, -0.15) is 0 Å². The molecule has 1 nitrogen and oxygen atoms in total.